The maximum absolute atomic E-state index is 12.1. The van der Waals surface area contributed by atoms with Crippen LogP contribution in [0.5, 0.6) is 0 Å². The molecule has 5 heteroatoms. The van der Waals surface area contributed by atoms with E-state index in [-0.39, 0.29) is 11.8 Å². The summed E-state index contributed by atoms with van der Waals surface area (Å²) in [5.74, 6) is -0.431. The molecule has 1 atom stereocenters. The number of halogens is 1. The van der Waals surface area contributed by atoms with E-state index in [9.17, 15) is 9.59 Å². The van der Waals surface area contributed by atoms with Gasteiger partial charge < -0.3 is 10.2 Å². The van der Waals surface area contributed by atoms with Crippen LogP contribution in [0.25, 0.3) is 0 Å². The van der Waals surface area contributed by atoms with Crippen molar-refractivity contribution >= 4 is 23.4 Å². The fourth-order valence-corrected chi connectivity index (χ4v) is 2.04. The van der Waals surface area contributed by atoms with Crippen LogP contribution >= 0.6 is 11.6 Å². The van der Waals surface area contributed by atoms with E-state index in [2.05, 4.69) is 12.2 Å². The lowest BCUT2D eigenvalue weighted by atomic mass is 10.2. The molecule has 4 nitrogen and oxygen atoms in total. The summed E-state index contributed by atoms with van der Waals surface area (Å²) < 4.78 is 0. The molecule has 0 radical (unpaired) electrons. The zero-order valence-corrected chi connectivity index (χ0v) is 12.9. The van der Waals surface area contributed by atoms with E-state index in [1.54, 1.807) is 43.1 Å². The molecule has 0 aromatic heterocycles. The summed E-state index contributed by atoms with van der Waals surface area (Å²) in [4.78, 5) is 25.8. The van der Waals surface area contributed by atoms with Crippen LogP contribution in [0.4, 0.5) is 0 Å². The molecule has 0 aliphatic rings. The van der Waals surface area contributed by atoms with Crippen LogP contribution < -0.4 is 5.32 Å². The molecule has 1 rings (SSSR count). The quantitative estimate of drug-likeness (QED) is 0.877. The van der Waals surface area contributed by atoms with Crippen molar-refractivity contribution in [1.29, 1.82) is 0 Å². The van der Waals surface area contributed by atoms with E-state index >= 15 is 0 Å². The van der Waals surface area contributed by atoms with Gasteiger partial charge in [0.2, 0.25) is 5.91 Å². The maximum Gasteiger partial charge on any atom is 0.253 e. The average Bonchev–Trinajstić information content (AvgIpc) is 2.44. The first-order valence-electron chi connectivity index (χ1n) is 6.77. The van der Waals surface area contributed by atoms with Gasteiger partial charge in [0.05, 0.1) is 10.6 Å². The van der Waals surface area contributed by atoms with Gasteiger partial charge in [0, 0.05) is 13.6 Å². The molecule has 0 bridgehead atoms. The molecule has 0 saturated carbocycles. The predicted molar refractivity (Wildman–Crippen MR) is 80.9 cm³/mol. The van der Waals surface area contributed by atoms with E-state index in [1.807, 2.05) is 0 Å². The van der Waals surface area contributed by atoms with E-state index in [4.69, 9.17) is 11.6 Å². The van der Waals surface area contributed by atoms with E-state index < -0.39 is 6.04 Å². The number of unbranched alkanes of at least 4 members (excludes halogenated alkanes) is 1. The Kier molecular flexibility index (Phi) is 6.52. The second-order valence-corrected chi connectivity index (χ2v) is 5.20. The minimum Gasteiger partial charge on any atom is -0.344 e. The van der Waals surface area contributed by atoms with Gasteiger partial charge in [-0.05, 0) is 25.5 Å². The number of hydrogen-bond donors (Lipinski definition) is 1. The fourth-order valence-electron chi connectivity index (χ4n) is 1.82. The molecule has 1 unspecified atom stereocenters. The van der Waals surface area contributed by atoms with Crippen LogP contribution in [0.15, 0.2) is 24.3 Å². The number of likely N-dealkylation sites (N-methyl/N-ethyl adjacent to an activating group) is 1. The van der Waals surface area contributed by atoms with Crippen molar-refractivity contribution in [2.45, 2.75) is 32.7 Å². The molecule has 0 aliphatic heterocycles. The molecule has 1 aromatic rings. The minimum atomic E-state index is -0.569. The van der Waals surface area contributed by atoms with Crippen LogP contribution in [0.1, 0.15) is 37.0 Å². The monoisotopic (exact) mass is 296 g/mol. The first-order valence-corrected chi connectivity index (χ1v) is 7.15. The SMILES string of the molecule is CCCCN(C)C(=O)C(C)NC(=O)c1ccccc1Cl. The third-order valence-electron chi connectivity index (χ3n) is 3.06. The molecular formula is C15H21ClN2O2. The molecule has 0 fully saturated rings. The zero-order chi connectivity index (χ0) is 15.1. The number of rotatable bonds is 6. The van der Waals surface area contributed by atoms with E-state index in [0.717, 1.165) is 12.8 Å². The molecule has 0 spiro atoms. The number of nitrogens with one attached hydrogen (secondary N) is 1. The fraction of sp³-hybridized carbons (Fsp3) is 0.467. The van der Waals surface area contributed by atoms with Crippen molar-refractivity contribution in [3.63, 3.8) is 0 Å². The molecule has 2 amide bonds. The standard InChI is InChI=1S/C15H21ClN2O2/c1-4-5-10-18(3)15(20)11(2)17-14(19)12-8-6-7-9-13(12)16/h6-9,11H,4-5,10H2,1-3H3,(H,17,19). The molecule has 20 heavy (non-hydrogen) atoms. The van der Waals surface area contributed by atoms with Crippen molar-refractivity contribution in [2.24, 2.45) is 0 Å². The highest BCUT2D eigenvalue weighted by Crippen LogP contribution is 2.14. The Morgan fingerprint density at radius 1 is 1.35 bits per heavy atom. The number of amides is 2. The summed E-state index contributed by atoms with van der Waals surface area (Å²) in [6.07, 6.45) is 1.98. The largest absolute Gasteiger partial charge is 0.344 e. The molecule has 1 N–H and O–H groups in total. The molecule has 110 valence electrons. The van der Waals surface area contributed by atoms with Crippen LogP contribution in [0.3, 0.4) is 0 Å². The summed E-state index contributed by atoms with van der Waals surface area (Å²) in [5, 5.41) is 3.06. The average molecular weight is 297 g/mol. The Morgan fingerprint density at radius 2 is 2.00 bits per heavy atom. The van der Waals surface area contributed by atoms with Crippen molar-refractivity contribution in [3.05, 3.63) is 34.9 Å². The van der Waals surface area contributed by atoms with Gasteiger partial charge >= 0.3 is 0 Å². The third-order valence-corrected chi connectivity index (χ3v) is 3.39. The van der Waals surface area contributed by atoms with Crippen molar-refractivity contribution in [3.8, 4) is 0 Å². The van der Waals surface area contributed by atoms with Gasteiger partial charge in [-0.1, -0.05) is 37.1 Å². The van der Waals surface area contributed by atoms with Crippen molar-refractivity contribution < 1.29 is 9.59 Å². The highest BCUT2D eigenvalue weighted by molar-refractivity contribution is 6.33. The molecule has 1 aromatic carbocycles. The zero-order valence-electron chi connectivity index (χ0n) is 12.1. The van der Waals surface area contributed by atoms with Gasteiger partial charge in [0.1, 0.15) is 6.04 Å². The summed E-state index contributed by atoms with van der Waals surface area (Å²) >= 11 is 5.96. The predicted octanol–water partition coefficient (Wildman–Crippen LogP) is 2.72. The van der Waals surface area contributed by atoms with Crippen LogP contribution in [0, 0.1) is 0 Å². The number of carbonyl (C=O) groups excluding carboxylic acids is 2. The molecular weight excluding hydrogens is 276 g/mol. The summed E-state index contributed by atoms with van der Waals surface area (Å²) in [5.41, 5.74) is 0.380. The highest BCUT2D eigenvalue weighted by Gasteiger charge is 2.20. The van der Waals surface area contributed by atoms with Crippen LogP contribution in [-0.2, 0) is 4.79 Å². The Hall–Kier alpha value is -1.55. The lowest BCUT2D eigenvalue weighted by Gasteiger charge is -2.22. The van der Waals surface area contributed by atoms with Gasteiger partial charge in [-0.15, -0.1) is 0 Å². The van der Waals surface area contributed by atoms with Gasteiger partial charge in [0.25, 0.3) is 5.91 Å². The highest BCUT2D eigenvalue weighted by atomic mass is 35.5. The minimum absolute atomic E-state index is 0.0983. The second-order valence-electron chi connectivity index (χ2n) is 4.79. The van der Waals surface area contributed by atoms with Crippen molar-refractivity contribution in [1.82, 2.24) is 10.2 Å². The summed E-state index contributed by atoms with van der Waals surface area (Å²) in [6.45, 7) is 4.45. The number of carbonyl (C=O) groups is 2. The smallest absolute Gasteiger partial charge is 0.253 e. The van der Waals surface area contributed by atoms with Gasteiger partial charge in [-0.3, -0.25) is 9.59 Å². The van der Waals surface area contributed by atoms with E-state index in [0.29, 0.717) is 17.1 Å². The topological polar surface area (TPSA) is 49.4 Å². The summed E-state index contributed by atoms with van der Waals surface area (Å²) in [6, 6.07) is 6.21. The third kappa shape index (κ3) is 4.53. The van der Waals surface area contributed by atoms with Crippen LogP contribution in [-0.4, -0.2) is 36.3 Å². The number of nitrogens with zero attached hydrogens (tertiary/aromatic N) is 1. The molecule has 0 aliphatic carbocycles. The number of benzene rings is 1. The second kappa shape index (κ2) is 7.90. The number of hydrogen-bond acceptors (Lipinski definition) is 2. The maximum atomic E-state index is 12.1. The Balaban J connectivity index is 2.62. The van der Waals surface area contributed by atoms with Crippen LogP contribution in [0.2, 0.25) is 5.02 Å². The normalized spacial score (nSPS) is 11.8. The van der Waals surface area contributed by atoms with Gasteiger partial charge in [-0.25, -0.2) is 0 Å². The Labute approximate surface area is 125 Å². The van der Waals surface area contributed by atoms with Gasteiger partial charge in [-0.2, -0.15) is 0 Å². The lowest BCUT2D eigenvalue weighted by molar-refractivity contribution is -0.131. The first-order chi connectivity index (χ1) is 9.47. The van der Waals surface area contributed by atoms with Crippen molar-refractivity contribution in [2.75, 3.05) is 13.6 Å². The Bertz CT molecular complexity index is 477. The lowest BCUT2D eigenvalue weighted by Crippen LogP contribution is -2.45. The van der Waals surface area contributed by atoms with Gasteiger partial charge in [0.15, 0.2) is 0 Å². The van der Waals surface area contributed by atoms with E-state index in [1.165, 1.54) is 0 Å². The molecule has 0 saturated heterocycles. The summed E-state index contributed by atoms with van der Waals surface area (Å²) in [7, 11) is 1.75. The molecule has 0 heterocycles. The first kappa shape index (κ1) is 16.5. The Morgan fingerprint density at radius 3 is 2.60 bits per heavy atom.